The van der Waals surface area contributed by atoms with Crippen molar-refractivity contribution in [1.29, 1.82) is 0 Å². The molecule has 0 saturated carbocycles. The van der Waals surface area contributed by atoms with Crippen LogP contribution in [0.3, 0.4) is 0 Å². The highest BCUT2D eigenvalue weighted by atomic mass is 19.4. The lowest BCUT2D eigenvalue weighted by atomic mass is 10.1. The van der Waals surface area contributed by atoms with Crippen LogP contribution in [0.1, 0.15) is 31.1 Å². The van der Waals surface area contributed by atoms with Gasteiger partial charge in [-0.05, 0) is 33.8 Å². The van der Waals surface area contributed by atoms with Crippen molar-refractivity contribution in [3.8, 4) is 0 Å². The Labute approximate surface area is 138 Å². The van der Waals surface area contributed by atoms with E-state index in [1.54, 1.807) is 19.9 Å². The minimum absolute atomic E-state index is 0.0766. The molecule has 6 nitrogen and oxygen atoms in total. The molecule has 9 heteroatoms. The van der Waals surface area contributed by atoms with Gasteiger partial charge in [0.15, 0.2) is 6.10 Å². The van der Waals surface area contributed by atoms with Crippen LogP contribution in [0.2, 0.25) is 0 Å². The summed E-state index contributed by atoms with van der Waals surface area (Å²) < 4.78 is 43.9. The summed E-state index contributed by atoms with van der Waals surface area (Å²) in [5.41, 5.74) is 0.294. The largest absolute Gasteiger partial charge is 0.416 e. The van der Waals surface area contributed by atoms with E-state index >= 15 is 0 Å². The van der Waals surface area contributed by atoms with Crippen LogP contribution in [-0.4, -0.2) is 51.9 Å². The third kappa shape index (κ3) is 4.80. The number of nitrogens with one attached hydrogen (secondary N) is 1. The summed E-state index contributed by atoms with van der Waals surface area (Å²) in [7, 11) is 0. The fraction of sp³-hybridized carbons (Fsp3) is 0.667. The summed E-state index contributed by atoms with van der Waals surface area (Å²) in [6.07, 6.45) is -6.51. The van der Waals surface area contributed by atoms with Crippen LogP contribution in [0.15, 0.2) is 6.07 Å². The highest BCUT2D eigenvalue weighted by Crippen LogP contribution is 2.31. The zero-order valence-corrected chi connectivity index (χ0v) is 14.1. The molecule has 1 aliphatic rings. The van der Waals surface area contributed by atoms with Crippen LogP contribution in [0.25, 0.3) is 0 Å². The number of alkyl halides is 3. The second-order valence-corrected chi connectivity index (χ2v) is 6.49. The van der Waals surface area contributed by atoms with Crippen molar-refractivity contribution in [2.45, 2.75) is 52.1 Å². The van der Waals surface area contributed by atoms with E-state index in [1.165, 1.54) is 13.8 Å². The SMILES string of the molecule is Cc1cc(CNC(=O)N2CC(C(F)(F)F)OC(C)(C)C2)nc(C)n1. The topological polar surface area (TPSA) is 67.4 Å². The quantitative estimate of drug-likeness (QED) is 0.893. The number of urea groups is 1. The molecule has 2 heterocycles. The molecule has 1 atom stereocenters. The number of carbonyl (C=O) groups excluding carboxylic acids is 1. The van der Waals surface area contributed by atoms with Crippen molar-refractivity contribution in [2.75, 3.05) is 13.1 Å². The molecule has 1 aromatic heterocycles. The Balaban J connectivity index is 2.02. The fourth-order valence-corrected chi connectivity index (χ4v) is 2.67. The third-order valence-corrected chi connectivity index (χ3v) is 3.51. The highest BCUT2D eigenvalue weighted by Gasteiger charge is 2.49. The molecule has 0 bridgehead atoms. The standard InChI is InChI=1S/C15H21F3N4O2/c1-9-5-11(21-10(2)20-9)6-19-13(23)22-7-12(15(16,17)18)24-14(3,4)8-22/h5,12H,6-8H2,1-4H3,(H,19,23). The summed E-state index contributed by atoms with van der Waals surface area (Å²) >= 11 is 0. The van der Waals surface area contributed by atoms with Gasteiger partial charge in [-0.3, -0.25) is 0 Å². The summed E-state index contributed by atoms with van der Waals surface area (Å²) in [5, 5.41) is 2.61. The number of morpholine rings is 1. The van der Waals surface area contributed by atoms with E-state index in [0.717, 1.165) is 10.6 Å². The first kappa shape index (κ1) is 18.4. The Morgan fingerprint density at radius 3 is 2.67 bits per heavy atom. The van der Waals surface area contributed by atoms with E-state index in [9.17, 15) is 18.0 Å². The van der Waals surface area contributed by atoms with Gasteiger partial charge in [0, 0.05) is 5.69 Å². The van der Waals surface area contributed by atoms with Gasteiger partial charge in [-0.15, -0.1) is 0 Å². The first-order chi connectivity index (χ1) is 11.0. The van der Waals surface area contributed by atoms with E-state index in [4.69, 9.17) is 4.74 Å². The molecule has 0 radical (unpaired) electrons. The maximum absolute atomic E-state index is 13.0. The predicted octanol–water partition coefficient (Wildman–Crippen LogP) is 2.34. The number of halogens is 3. The molecule has 2 rings (SSSR count). The first-order valence-electron chi connectivity index (χ1n) is 7.55. The number of nitrogens with zero attached hydrogens (tertiary/aromatic N) is 3. The van der Waals surface area contributed by atoms with Gasteiger partial charge in [0.05, 0.1) is 30.9 Å². The molecular weight excluding hydrogens is 325 g/mol. The average Bonchev–Trinajstić information content (AvgIpc) is 2.41. The van der Waals surface area contributed by atoms with Crippen molar-refractivity contribution in [1.82, 2.24) is 20.2 Å². The van der Waals surface area contributed by atoms with Crippen LogP contribution < -0.4 is 5.32 Å². The highest BCUT2D eigenvalue weighted by molar-refractivity contribution is 5.74. The molecule has 1 aliphatic heterocycles. The molecule has 1 saturated heterocycles. The van der Waals surface area contributed by atoms with Gasteiger partial charge >= 0.3 is 12.2 Å². The lowest BCUT2D eigenvalue weighted by molar-refractivity contribution is -0.267. The number of rotatable bonds is 2. The molecule has 1 aromatic rings. The van der Waals surface area contributed by atoms with Crippen LogP contribution in [0, 0.1) is 13.8 Å². The zero-order chi connectivity index (χ0) is 18.1. The van der Waals surface area contributed by atoms with Crippen LogP contribution in [0.4, 0.5) is 18.0 Å². The monoisotopic (exact) mass is 346 g/mol. The minimum atomic E-state index is -4.52. The predicted molar refractivity (Wildman–Crippen MR) is 80.3 cm³/mol. The van der Waals surface area contributed by atoms with Gasteiger partial charge in [0.25, 0.3) is 0 Å². The van der Waals surface area contributed by atoms with Gasteiger partial charge in [-0.2, -0.15) is 13.2 Å². The van der Waals surface area contributed by atoms with E-state index in [1.807, 2.05) is 0 Å². The Kier molecular flexibility index (Phi) is 5.03. The number of hydrogen-bond donors (Lipinski definition) is 1. The van der Waals surface area contributed by atoms with Gasteiger partial charge in [-0.25, -0.2) is 14.8 Å². The van der Waals surface area contributed by atoms with Gasteiger partial charge < -0.3 is 15.0 Å². The maximum Gasteiger partial charge on any atom is 0.416 e. The van der Waals surface area contributed by atoms with Crippen molar-refractivity contribution in [3.05, 3.63) is 23.3 Å². The number of ether oxygens (including phenoxy) is 1. The van der Waals surface area contributed by atoms with Gasteiger partial charge in [0.1, 0.15) is 5.82 Å². The van der Waals surface area contributed by atoms with Crippen LogP contribution in [-0.2, 0) is 11.3 Å². The van der Waals surface area contributed by atoms with Crippen molar-refractivity contribution >= 4 is 6.03 Å². The molecule has 1 fully saturated rings. The van der Waals surface area contributed by atoms with Crippen molar-refractivity contribution in [3.63, 3.8) is 0 Å². The Morgan fingerprint density at radius 1 is 1.42 bits per heavy atom. The lowest BCUT2D eigenvalue weighted by Gasteiger charge is -2.43. The fourth-order valence-electron chi connectivity index (χ4n) is 2.67. The third-order valence-electron chi connectivity index (χ3n) is 3.51. The first-order valence-corrected chi connectivity index (χ1v) is 7.55. The molecule has 1 unspecified atom stereocenters. The number of aryl methyl sites for hydroxylation is 2. The van der Waals surface area contributed by atoms with E-state index < -0.39 is 30.5 Å². The number of hydrogen-bond acceptors (Lipinski definition) is 4. The van der Waals surface area contributed by atoms with Crippen LogP contribution in [0.5, 0.6) is 0 Å². The van der Waals surface area contributed by atoms with Gasteiger partial charge in [-0.1, -0.05) is 0 Å². The Hall–Kier alpha value is -1.90. The smallest absolute Gasteiger partial charge is 0.359 e. The zero-order valence-electron chi connectivity index (χ0n) is 14.1. The summed E-state index contributed by atoms with van der Waals surface area (Å²) in [4.78, 5) is 21.7. The molecule has 2 amide bonds. The number of aromatic nitrogens is 2. The molecule has 1 N–H and O–H groups in total. The second kappa shape index (κ2) is 6.54. The molecule has 0 spiro atoms. The maximum atomic E-state index is 13.0. The summed E-state index contributed by atoms with van der Waals surface area (Å²) in [5.74, 6) is 0.573. The van der Waals surface area contributed by atoms with E-state index in [-0.39, 0.29) is 13.1 Å². The van der Waals surface area contributed by atoms with Crippen molar-refractivity contribution < 1.29 is 22.7 Å². The van der Waals surface area contributed by atoms with Crippen LogP contribution >= 0.6 is 0 Å². The second-order valence-electron chi connectivity index (χ2n) is 6.49. The molecule has 134 valence electrons. The number of carbonyl (C=O) groups is 1. The summed E-state index contributed by atoms with van der Waals surface area (Å²) in [6.45, 7) is 6.27. The van der Waals surface area contributed by atoms with Gasteiger partial charge in [0.2, 0.25) is 0 Å². The summed E-state index contributed by atoms with van der Waals surface area (Å²) in [6, 6.07) is 1.14. The molecular formula is C15H21F3N4O2. The molecule has 24 heavy (non-hydrogen) atoms. The number of amides is 2. The minimum Gasteiger partial charge on any atom is -0.359 e. The van der Waals surface area contributed by atoms with E-state index in [2.05, 4.69) is 15.3 Å². The Morgan fingerprint density at radius 2 is 2.08 bits per heavy atom. The van der Waals surface area contributed by atoms with E-state index in [0.29, 0.717) is 11.5 Å². The lowest BCUT2D eigenvalue weighted by Crippen LogP contribution is -2.60. The average molecular weight is 346 g/mol. The molecule has 0 aromatic carbocycles. The van der Waals surface area contributed by atoms with Crippen molar-refractivity contribution in [2.24, 2.45) is 0 Å². The molecule has 0 aliphatic carbocycles. The normalized spacial score (nSPS) is 20.8. The Bertz CT molecular complexity index is 599.